The summed E-state index contributed by atoms with van der Waals surface area (Å²) in [6.45, 7) is 4.35. The summed E-state index contributed by atoms with van der Waals surface area (Å²) >= 11 is 0. The molecule has 0 radical (unpaired) electrons. The largest absolute Gasteiger partial charge is 0.496 e. The molecule has 3 heteroatoms. The summed E-state index contributed by atoms with van der Waals surface area (Å²) < 4.78 is 19.3. The van der Waals surface area contributed by atoms with Crippen molar-refractivity contribution in [1.29, 1.82) is 0 Å². The van der Waals surface area contributed by atoms with Crippen LogP contribution in [0, 0.1) is 5.82 Å². The molecule has 0 aliphatic heterocycles. The van der Waals surface area contributed by atoms with Gasteiger partial charge in [0.2, 0.25) is 0 Å². The molecule has 0 amide bonds. The van der Waals surface area contributed by atoms with Gasteiger partial charge in [-0.25, -0.2) is 4.39 Å². The van der Waals surface area contributed by atoms with Gasteiger partial charge in [0.15, 0.2) is 0 Å². The first-order chi connectivity index (χ1) is 10.1. The van der Waals surface area contributed by atoms with Crippen LogP contribution in [0.2, 0.25) is 0 Å². The first kappa shape index (κ1) is 15.5. The number of halogens is 1. The van der Waals surface area contributed by atoms with E-state index in [1.807, 2.05) is 12.1 Å². The highest BCUT2D eigenvalue weighted by Gasteiger charge is 2.18. The van der Waals surface area contributed by atoms with E-state index in [0.29, 0.717) is 17.2 Å². The Kier molecular flexibility index (Phi) is 4.97. The molecule has 0 spiro atoms. The maximum atomic E-state index is 14.1. The van der Waals surface area contributed by atoms with E-state index in [4.69, 9.17) is 10.5 Å². The van der Waals surface area contributed by atoms with Crippen LogP contribution in [0.25, 0.3) is 0 Å². The predicted molar refractivity (Wildman–Crippen MR) is 84.1 cm³/mol. The van der Waals surface area contributed by atoms with Crippen LogP contribution in [0.5, 0.6) is 5.75 Å². The second-order valence-corrected chi connectivity index (χ2v) is 5.31. The summed E-state index contributed by atoms with van der Waals surface area (Å²) in [5.74, 6) is 0.652. The Balaban J connectivity index is 2.34. The van der Waals surface area contributed by atoms with E-state index in [0.717, 1.165) is 12.0 Å². The van der Waals surface area contributed by atoms with Gasteiger partial charge in [0.25, 0.3) is 0 Å². The smallest absolute Gasteiger partial charge is 0.132 e. The highest BCUT2D eigenvalue weighted by Crippen LogP contribution is 2.31. The number of hydrogen-bond acceptors (Lipinski definition) is 2. The summed E-state index contributed by atoms with van der Waals surface area (Å²) in [6.07, 6.45) is 1.09. The zero-order chi connectivity index (χ0) is 15.4. The molecule has 0 aliphatic carbocycles. The summed E-state index contributed by atoms with van der Waals surface area (Å²) in [6, 6.07) is 12.3. The van der Waals surface area contributed by atoms with Crippen molar-refractivity contribution < 1.29 is 9.13 Å². The average molecular weight is 287 g/mol. The van der Waals surface area contributed by atoms with Crippen molar-refractivity contribution in [3.63, 3.8) is 0 Å². The van der Waals surface area contributed by atoms with E-state index >= 15 is 0 Å². The van der Waals surface area contributed by atoms with E-state index in [1.165, 1.54) is 18.7 Å². The minimum atomic E-state index is -0.535. The number of rotatable bonds is 5. The third-order valence-electron chi connectivity index (χ3n) is 4.02. The summed E-state index contributed by atoms with van der Waals surface area (Å²) in [5.41, 5.74) is 8.78. The molecule has 0 saturated heterocycles. The normalized spacial score (nSPS) is 13.8. The fraction of sp³-hybridized carbons (Fsp3) is 0.333. The van der Waals surface area contributed by atoms with E-state index < -0.39 is 6.04 Å². The van der Waals surface area contributed by atoms with Crippen molar-refractivity contribution >= 4 is 0 Å². The van der Waals surface area contributed by atoms with Gasteiger partial charge in [0, 0.05) is 0 Å². The Morgan fingerprint density at radius 2 is 1.71 bits per heavy atom. The maximum Gasteiger partial charge on any atom is 0.132 e. The second kappa shape index (κ2) is 6.72. The van der Waals surface area contributed by atoms with Crippen molar-refractivity contribution in [3.8, 4) is 5.75 Å². The van der Waals surface area contributed by atoms with Crippen LogP contribution in [0.1, 0.15) is 48.9 Å². The fourth-order valence-corrected chi connectivity index (χ4v) is 2.43. The topological polar surface area (TPSA) is 35.2 Å². The zero-order valence-corrected chi connectivity index (χ0v) is 12.8. The highest BCUT2D eigenvalue weighted by molar-refractivity contribution is 5.43. The Bertz CT molecular complexity index is 595. The van der Waals surface area contributed by atoms with Crippen LogP contribution in [0.3, 0.4) is 0 Å². The lowest BCUT2D eigenvalue weighted by Gasteiger charge is -2.18. The molecule has 0 saturated carbocycles. The molecule has 0 heterocycles. The molecule has 2 rings (SSSR count). The minimum Gasteiger partial charge on any atom is -0.496 e. The number of nitrogens with two attached hydrogens (primary N) is 1. The number of hydrogen-bond donors (Lipinski definition) is 1. The van der Waals surface area contributed by atoms with Crippen LogP contribution < -0.4 is 10.5 Å². The third-order valence-corrected chi connectivity index (χ3v) is 4.02. The molecule has 112 valence electrons. The summed E-state index contributed by atoms with van der Waals surface area (Å²) in [7, 11) is 1.52. The van der Waals surface area contributed by atoms with Crippen molar-refractivity contribution in [2.45, 2.75) is 32.2 Å². The molecule has 2 aromatic carbocycles. The molecule has 2 atom stereocenters. The zero-order valence-electron chi connectivity index (χ0n) is 12.8. The second-order valence-electron chi connectivity index (χ2n) is 5.31. The van der Waals surface area contributed by atoms with Gasteiger partial charge < -0.3 is 10.5 Å². The van der Waals surface area contributed by atoms with Gasteiger partial charge in [-0.2, -0.15) is 0 Å². The molecule has 0 bridgehead atoms. The van der Waals surface area contributed by atoms with Gasteiger partial charge in [-0.1, -0.05) is 44.2 Å². The van der Waals surface area contributed by atoms with Gasteiger partial charge in [-0.15, -0.1) is 0 Å². The van der Waals surface area contributed by atoms with Crippen LogP contribution in [0.15, 0.2) is 42.5 Å². The van der Waals surface area contributed by atoms with Crippen LogP contribution in [0.4, 0.5) is 4.39 Å². The lowest BCUT2D eigenvalue weighted by atomic mass is 9.93. The molecule has 2 N–H and O–H groups in total. The summed E-state index contributed by atoms with van der Waals surface area (Å²) in [4.78, 5) is 0. The Labute approximate surface area is 125 Å². The monoisotopic (exact) mass is 287 g/mol. The van der Waals surface area contributed by atoms with E-state index in [-0.39, 0.29) is 5.82 Å². The molecule has 2 nitrogen and oxygen atoms in total. The summed E-state index contributed by atoms with van der Waals surface area (Å²) in [5, 5.41) is 0. The molecule has 0 fully saturated rings. The molecule has 21 heavy (non-hydrogen) atoms. The third kappa shape index (κ3) is 3.24. The van der Waals surface area contributed by atoms with E-state index in [2.05, 4.69) is 26.0 Å². The van der Waals surface area contributed by atoms with Crippen LogP contribution in [-0.4, -0.2) is 7.11 Å². The molecular formula is C18H22FNO. The number of benzene rings is 2. The predicted octanol–water partition coefficient (Wildman–Crippen LogP) is 4.40. The Morgan fingerprint density at radius 3 is 2.29 bits per heavy atom. The maximum absolute atomic E-state index is 14.1. The molecular weight excluding hydrogens is 265 g/mol. The Hall–Kier alpha value is -1.87. The van der Waals surface area contributed by atoms with Gasteiger partial charge in [0.05, 0.1) is 18.7 Å². The van der Waals surface area contributed by atoms with Crippen molar-refractivity contribution in [3.05, 3.63) is 65.0 Å². The highest BCUT2D eigenvalue weighted by atomic mass is 19.1. The first-order valence-electron chi connectivity index (χ1n) is 7.26. The minimum absolute atomic E-state index is 0.340. The SMILES string of the molecule is CCC(C)c1ccc(C(N)c2c(F)cccc2OC)cc1. The van der Waals surface area contributed by atoms with E-state index in [1.54, 1.807) is 12.1 Å². The average Bonchev–Trinajstić information content (AvgIpc) is 2.53. The van der Waals surface area contributed by atoms with Crippen molar-refractivity contribution in [2.75, 3.05) is 7.11 Å². The molecule has 0 aliphatic rings. The Morgan fingerprint density at radius 1 is 1.10 bits per heavy atom. The van der Waals surface area contributed by atoms with Gasteiger partial charge >= 0.3 is 0 Å². The van der Waals surface area contributed by atoms with Crippen molar-refractivity contribution in [2.24, 2.45) is 5.73 Å². The van der Waals surface area contributed by atoms with E-state index in [9.17, 15) is 4.39 Å². The van der Waals surface area contributed by atoms with Crippen LogP contribution >= 0.6 is 0 Å². The standard InChI is InChI=1S/C18H22FNO/c1-4-12(2)13-8-10-14(11-9-13)18(20)17-15(19)6-5-7-16(17)21-3/h5-12,18H,4,20H2,1-3H3. The van der Waals surface area contributed by atoms with Crippen LogP contribution in [-0.2, 0) is 0 Å². The lowest BCUT2D eigenvalue weighted by molar-refractivity contribution is 0.402. The number of methoxy groups -OCH3 is 1. The van der Waals surface area contributed by atoms with Gasteiger partial charge in [-0.05, 0) is 35.6 Å². The number of ether oxygens (including phenoxy) is 1. The molecule has 0 aromatic heterocycles. The lowest BCUT2D eigenvalue weighted by Crippen LogP contribution is -2.15. The quantitative estimate of drug-likeness (QED) is 0.884. The first-order valence-corrected chi connectivity index (χ1v) is 7.26. The fourth-order valence-electron chi connectivity index (χ4n) is 2.43. The molecule has 2 aromatic rings. The van der Waals surface area contributed by atoms with Gasteiger partial charge in [-0.3, -0.25) is 0 Å². The molecule has 2 unspecified atom stereocenters. The van der Waals surface area contributed by atoms with Gasteiger partial charge in [0.1, 0.15) is 11.6 Å². The van der Waals surface area contributed by atoms with Crippen molar-refractivity contribution in [1.82, 2.24) is 0 Å².